The molecule has 6 amide bonds. The zero-order chi connectivity index (χ0) is 48.0. The summed E-state index contributed by atoms with van der Waals surface area (Å²) in [6.07, 6.45) is 12.9. The third-order valence-electron chi connectivity index (χ3n) is 14.7. The predicted molar refractivity (Wildman–Crippen MR) is 258 cm³/mol. The highest BCUT2D eigenvalue weighted by Crippen LogP contribution is 2.38. The Kier molecular flexibility index (Phi) is 18.9. The van der Waals surface area contributed by atoms with Gasteiger partial charge < -0.3 is 40.5 Å². The van der Waals surface area contributed by atoms with E-state index in [-0.39, 0.29) is 59.4 Å². The van der Waals surface area contributed by atoms with Gasteiger partial charge in [-0.1, -0.05) is 65.8 Å². The molecule has 0 radical (unpaired) electrons. The summed E-state index contributed by atoms with van der Waals surface area (Å²) in [5, 5.41) is 12.4. The number of rotatable bonds is 22. The number of ether oxygens (including phenoxy) is 2. The lowest BCUT2D eigenvalue weighted by Gasteiger charge is -2.32. The van der Waals surface area contributed by atoms with E-state index in [2.05, 4.69) is 33.4 Å². The largest absolute Gasteiger partial charge is 0.493 e. The smallest absolute Gasteiger partial charge is 0.245 e. The Morgan fingerprint density at radius 2 is 0.985 bits per heavy atom. The Morgan fingerprint density at radius 3 is 1.37 bits per heavy atom. The quantitative estimate of drug-likeness (QED) is 0.0900. The van der Waals surface area contributed by atoms with Gasteiger partial charge in [0.2, 0.25) is 35.4 Å². The number of nitrogens with zero attached hydrogens (tertiary/aromatic N) is 2. The third-order valence-corrected chi connectivity index (χ3v) is 14.7. The molecular weight excluding hydrogens is 849 g/mol. The van der Waals surface area contributed by atoms with Gasteiger partial charge in [-0.2, -0.15) is 0 Å². The second-order valence-electron chi connectivity index (χ2n) is 19.2. The van der Waals surface area contributed by atoms with Crippen molar-refractivity contribution in [2.45, 2.75) is 187 Å². The molecule has 2 heterocycles. The molecule has 0 unspecified atom stereocenters. The van der Waals surface area contributed by atoms with Crippen molar-refractivity contribution < 1.29 is 38.2 Å². The highest BCUT2D eigenvalue weighted by atomic mass is 16.5. The highest BCUT2D eigenvalue weighted by Gasteiger charge is 2.40. The number of fused-ring (bicyclic) bond motifs is 2. The number of nitrogens with one attached hydrogen (secondary N) is 4. The maximum atomic E-state index is 13.8. The highest BCUT2D eigenvalue weighted by molar-refractivity contribution is 5.94. The minimum absolute atomic E-state index is 0.132. The molecule has 14 heteroatoms. The fraction of sp³-hybridized carbons (Fsp3) is 0.660. The maximum Gasteiger partial charge on any atom is 0.245 e. The molecule has 368 valence electrons. The van der Waals surface area contributed by atoms with E-state index < -0.39 is 24.2 Å². The van der Waals surface area contributed by atoms with Gasteiger partial charge in [-0.05, 0) is 144 Å². The number of carbonyl (C=O) groups is 6. The van der Waals surface area contributed by atoms with Crippen LogP contribution in [0.25, 0.3) is 0 Å². The van der Waals surface area contributed by atoms with Crippen molar-refractivity contribution in [1.82, 2.24) is 31.1 Å². The summed E-state index contributed by atoms with van der Waals surface area (Å²) in [4.78, 5) is 83.4. The lowest BCUT2D eigenvalue weighted by Crippen LogP contribution is -2.54. The molecule has 2 aromatic rings. The van der Waals surface area contributed by atoms with Gasteiger partial charge in [0.1, 0.15) is 35.7 Å². The molecule has 0 aromatic heterocycles. The molecule has 2 aliphatic carbocycles. The van der Waals surface area contributed by atoms with Crippen molar-refractivity contribution in [3.05, 3.63) is 58.7 Å². The van der Waals surface area contributed by atoms with Crippen LogP contribution >= 0.6 is 0 Å². The van der Waals surface area contributed by atoms with E-state index in [9.17, 15) is 28.8 Å². The van der Waals surface area contributed by atoms with E-state index >= 15 is 0 Å². The van der Waals surface area contributed by atoms with Crippen LogP contribution in [0.15, 0.2) is 36.4 Å². The van der Waals surface area contributed by atoms with Gasteiger partial charge in [0.15, 0.2) is 0 Å². The molecule has 2 saturated heterocycles. The van der Waals surface area contributed by atoms with Crippen LogP contribution in [0.4, 0.5) is 0 Å². The first-order valence-corrected chi connectivity index (χ1v) is 25.7. The van der Waals surface area contributed by atoms with Gasteiger partial charge in [-0.25, -0.2) is 0 Å². The lowest BCUT2D eigenvalue weighted by atomic mass is 9.87. The average molecular weight is 927 g/mol. The summed E-state index contributed by atoms with van der Waals surface area (Å²) in [5.41, 5.74) is 4.40. The Hall–Kier alpha value is -5.14. The van der Waals surface area contributed by atoms with Gasteiger partial charge in [-0.3, -0.25) is 28.8 Å². The Bertz CT molecular complexity index is 1900. The number of benzene rings is 2. The van der Waals surface area contributed by atoms with E-state index in [4.69, 9.17) is 9.47 Å². The van der Waals surface area contributed by atoms with E-state index in [1.807, 2.05) is 65.8 Å². The number of likely N-dealkylation sites (tertiary alicyclic amines) is 2. The number of hydrogen-bond donors (Lipinski definition) is 4. The Balaban J connectivity index is 0.956. The van der Waals surface area contributed by atoms with Crippen LogP contribution in [0, 0.1) is 11.8 Å². The zero-order valence-corrected chi connectivity index (χ0v) is 41.1. The van der Waals surface area contributed by atoms with Crippen molar-refractivity contribution >= 4 is 35.4 Å². The first kappa shape index (κ1) is 51.3. The number of unbranched alkanes of at least 4 members (excludes halogenated alkanes) is 2. The lowest BCUT2D eigenvalue weighted by molar-refractivity contribution is -0.142. The van der Waals surface area contributed by atoms with Crippen molar-refractivity contribution in [3.63, 3.8) is 0 Å². The number of carbonyl (C=O) groups excluding carboxylic acids is 6. The third kappa shape index (κ3) is 12.7. The SMILES string of the molecule is CC[C@@H](C)C(=O)N[C@@H](CC)C(=O)N1CCC[C@H]1C(=O)N[C@@H]1CCCc2c(OCCCCCOc3cccc4c3CCC[C@H]4NC(=O)[C@@H]3CCCN3C(=O)[C@H](CC)NC(=O)[C@H](C)CC)cccc21. The van der Waals surface area contributed by atoms with Crippen LogP contribution in [0.2, 0.25) is 0 Å². The molecular formula is C53H78N6O8. The van der Waals surface area contributed by atoms with Gasteiger partial charge in [0, 0.05) is 24.9 Å². The number of amides is 6. The maximum absolute atomic E-state index is 13.8. The summed E-state index contributed by atoms with van der Waals surface area (Å²) in [6, 6.07) is 9.42. The Labute approximate surface area is 398 Å². The van der Waals surface area contributed by atoms with Crippen molar-refractivity contribution in [3.8, 4) is 11.5 Å². The summed E-state index contributed by atoms with van der Waals surface area (Å²) in [6.45, 7) is 13.5. The molecule has 8 atom stereocenters. The Morgan fingerprint density at radius 1 is 0.567 bits per heavy atom. The van der Waals surface area contributed by atoms with E-state index in [0.717, 1.165) is 104 Å². The number of hydrogen-bond acceptors (Lipinski definition) is 8. The summed E-state index contributed by atoms with van der Waals surface area (Å²) < 4.78 is 12.7. The van der Waals surface area contributed by atoms with Crippen LogP contribution in [-0.2, 0) is 41.6 Å². The van der Waals surface area contributed by atoms with Gasteiger partial charge in [0.05, 0.1) is 25.3 Å². The summed E-state index contributed by atoms with van der Waals surface area (Å²) in [7, 11) is 0. The molecule has 6 rings (SSSR count). The minimum Gasteiger partial charge on any atom is -0.493 e. The molecule has 2 fully saturated rings. The van der Waals surface area contributed by atoms with Gasteiger partial charge in [-0.15, -0.1) is 0 Å². The van der Waals surface area contributed by atoms with Crippen LogP contribution in [0.1, 0.15) is 172 Å². The molecule has 0 saturated carbocycles. The van der Waals surface area contributed by atoms with Crippen molar-refractivity contribution in [2.75, 3.05) is 26.3 Å². The van der Waals surface area contributed by atoms with Crippen LogP contribution in [-0.4, -0.2) is 95.7 Å². The standard InChI is InChI=1S/C53H78N6O8/c1-7-34(5)48(60)54-40(9-3)52(64)58-30-18-26-44(58)50(62)56-42-24-14-22-38-36(42)20-16-28-46(38)66-32-12-11-13-33-67-47-29-17-21-37-39(47)23-15-25-43(37)57-51(63)45-27-19-31-59(45)53(65)41(10-4)55-49(61)35(6)8-2/h16-17,20-21,28-29,34-35,40-45H,7-15,18-19,22-27,30-33H2,1-6H3,(H,54,60)(H,55,61)(H,56,62)(H,57,63)/t34-,35-,40+,41+,42-,43-,44+,45+/m1/s1. The monoisotopic (exact) mass is 927 g/mol. The summed E-state index contributed by atoms with van der Waals surface area (Å²) in [5.74, 6) is 0.428. The fourth-order valence-corrected chi connectivity index (χ4v) is 10.2. The molecule has 2 aromatic carbocycles. The van der Waals surface area contributed by atoms with Crippen molar-refractivity contribution in [1.29, 1.82) is 0 Å². The average Bonchev–Trinajstić information content (AvgIpc) is 4.05. The van der Waals surface area contributed by atoms with Gasteiger partial charge >= 0.3 is 0 Å². The first-order chi connectivity index (χ1) is 32.4. The van der Waals surface area contributed by atoms with Crippen molar-refractivity contribution in [2.24, 2.45) is 11.8 Å². The molecule has 0 bridgehead atoms. The van der Waals surface area contributed by atoms with Gasteiger partial charge in [0.25, 0.3) is 0 Å². The molecule has 4 aliphatic rings. The predicted octanol–water partition coefficient (Wildman–Crippen LogP) is 7.17. The second kappa shape index (κ2) is 24.8. The molecule has 67 heavy (non-hydrogen) atoms. The van der Waals surface area contributed by atoms with E-state index in [0.29, 0.717) is 64.8 Å². The molecule has 4 N–H and O–H groups in total. The minimum atomic E-state index is -0.643. The molecule has 2 aliphatic heterocycles. The fourth-order valence-electron chi connectivity index (χ4n) is 10.2. The molecule has 14 nitrogen and oxygen atoms in total. The van der Waals surface area contributed by atoms with Crippen LogP contribution in [0.5, 0.6) is 11.5 Å². The topological polar surface area (TPSA) is 175 Å². The second-order valence-corrected chi connectivity index (χ2v) is 19.2. The zero-order valence-electron chi connectivity index (χ0n) is 41.1. The van der Waals surface area contributed by atoms with Crippen LogP contribution in [0.3, 0.4) is 0 Å². The van der Waals surface area contributed by atoms with Crippen LogP contribution < -0.4 is 30.7 Å². The summed E-state index contributed by atoms with van der Waals surface area (Å²) >= 11 is 0. The molecule has 0 spiro atoms. The first-order valence-electron chi connectivity index (χ1n) is 25.7. The van der Waals surface area contributed by atoms with E-state index in [1.165, 1.54) is 0 Å². The normalized spacial score (nSPS) is 21.8. The van der Waals surface area contributed by atoms with E-state index in [1.54, 1.807) is 9.80 Å².